The van der Waals surface area contributed by atoms with Gasteiger partial charge in [-0.3, -0.25) is 10.3 Å². The van der Waals surface area contributed by atoms with Crippen LogP contribution in [0.4, 0.5) is 11.5 Å². The van der Waals surface area contributed by atoms with Crippen LogP contribution in [0, 0.1) is 6.92 Å². The molecule has 0 aliphatic heterocycles. The van der Waals surface area contributed by atoms with Gasteiger partial charge in [0, 0.05) is 42.4 Å². The molecule has 1 aromatic heterocycles. The van der Waals surface area contributed by atoms with Crippen molar-refractivity contribution in [3.8, 4) is 0 Å². The maximum Gasteiger partial charge on any atom is 0.123 e. The Labute approximate surface area is 143 Å². The SMILES string of the molecule is C=C(CNCN=C(C)c1ccc(N)nc1)N(C)c1ccc(C)cc1. The van der Waals surface area contributed by atoms with Crippen molar-refractivity contribution < 1.29 is 0 Å². The quantitative estimate of drug-likeness (QED) is 0.607. The Hall–Kier alpha value is -2.66. The van der Waals surface area contributed by atoms with Gasteiger partial charge >= 0.3 is 0 Å². The number of nitrogens with zero attached hydrogens (tertiary/aromatic N) is 3. The van der Waals surface area contributed by atoms with Crippen molar-refractivity contribution in [1.82, 2.24) is 10.3 Å². The van der Waals surface area contributed by atoms with Gasteiger partial charge in [0.05, 0.1) is 6.67 Å². The van der Waals surface area contributed by atoms with E-state index in [1.54, 1.807) is 12.3 Å². The number of benzene rings is 1. The zero-order chi connectivity index (χ0) is 17.5. The van der Waals surface area contributed by atoms with Crippen LogP contribution in [0.2, 0.25) is 0 Å². The molecule has 24 heavy (non-hydrogen) atoms. The number of aliphatic imine (C=N–C) groups is 1. The molecule has 0 spiro atoms. The highest BCUT2D eigenvalue weighted by Gasteiger charge is 2.04. The Morgan fingerprint density at radius 1 is 1.25 bits per heavy atom. The molecular formula is C19H25N5. The molecule has 0 amide bonds. The predicted molar refractivity (Wildman–Crippen MR) is 102 cm³/mol. The molecule has 0 saturated heterocycles. The molecular weight excluding hydrogens is 298 g/mol. The molecule has 5 heteroatoms. The Morgan fingerprint density at radius 3 is 2.58 bits per heavy atom. The minimum absolute atomic E-state index is 0.514. The fourth-order valence-electron chi connectivity index (χ4n) is 2.15. The molecule has 2 aromatic rings. The monoisotopic (exact) mass is 323 g/mol. The summed E-state index contributed by atoms with van der Waals surface area (Å²) in [5.41, 5.74) is 10.8. The van der Waals surface area contributed by atoms with Gasteiger partial charge in [-0.1, -0.05) is 24.3 Å². The zero-order valence-electron chi connectivity index (χ0n) is 14.6. The smallest absolute Gasteiger partial charge is 0.123 e. The van der Waals surface area contributed by atoms with Gasteiger partial charge in [0.2, 0.25) is 0 Å². The second-order valence-electron chi connectivity index (χ2n) is 5.76. The van der Waals surface area contributed by atoms with Crippen molar-refractivity contribution in [3.63, 3.8) is 0 Å². The second kappa shape index (κ2) is 8.26. The van der Waals surface area contributed by atoms with Gasteiger partial charge in [-0.05, 0) is 38.1 Å². The summed E-state index contributed by atoms with van der Waals surface area (Å²) in [6.07, 6.45) is 1.73. The van der Waals surface area contributed by atoms with Crippen molar-refractivity contribution in [2.24, 2.45) is 4.99 Å². The van der Waals surface area contributed by atoms with E-state index in [2.05, 4.69) is 58.0 Å². The average Bonchev–Trinajstić information content (AvgIpc) is 2.59. The Kier molecular flexibility index (Phi) is 6.09. The maximum absolute atomic E-state index is 5.59. The zero-order valence-corrected chi connectivity index (χ0v) is 14.6. The predicted octanol–water partition coefficient (Wildman–Crippen LogP) is 2.98. The molecule has 0 aliphatic carbocycles. The van der Waals surface area contributed by atoms with Crippen LogP contribution in [-0.4, -0.2) is 31.0 Å². The van der Waals surface area contributed by atoms with Crippen LogP contribution in [0.5, 0.6) is 0 Å². The average molecular weight is 323 g/mol. The van der Waals surface area contributed by atoms with Gasteiger partial charge in [0.1, 0.15) is 5.82 Å². The van der Waals surface area contributed by atoms with E-state index < -0.39 is 0 Å². The fraction of sp³-hybridized carbons (Fsp3) is 0.263. The van der Waals surface area contributed by atoms with Gasteiger partial charge in [0.15, 0.2) is 0 Å². The number of nitrogen functional groups attached to an aromatic ring is 1. The molecule has 1 heterocycles. The molecule has 0 atom stereocenters. The van der Waals surface area contributed by atoms with Crippen molar-refractivity contribution in [2.75, 3.05) is 30.9 Å². The summed E-state index contributed by atoms with van der Waals surface area (Å²) < 4.78 is 0. The van der Waals surface area contributed by atoms with E-state index in [1.807, 2.05) is 20.0 Å². The number of aryl methyl sites for hydroxylation is 1. The van der Waals surface area contributed by atoms with E-state index in [4.69, 9.17) is 5.73 Å². The number of pyridine rings is 1. The van der Waals surface area contributed by atoms with Gasteiger partial charge in [-0.2, -0.15) is 0 Å². The summed E-state index contributed by atoms with van der Waals surface area (Å²) >= 11 is 0. The maximum atomic E-state index is 5.59. The molecule has 126 valence electrons. The summed E-state index contributed by atoms with van der Waals surface area (Å²) in [4.78, 5) is 10.7. The van der Waals surface area contributed by atoms with E-state index in [0.29, 0.717) is 19.0 Å². The third-order valence-corrected chi connectivity index (χ3v) is 3.86. The summed E-state index contributed by atoms with van der Waals surface area (Å²) in [6, 6.07) is 12.1. The van der Waals surface area contributed by atoms with E-state index in [0.717, 1.165) is 22.7 Å². The summed E-state index contributed by atoms with van der Waals surface area (Å²) in [6.45, 7) is 9.36. The van der Waals surface area contributed by atoms with E-state index in [1.165, 1.54) is 5.56 Å². The number of nitrogens with one attached hydrogen (secondary N) is 1. The molecule has 3 N–H and O–H groups in total. The Bertz CT molecular complexity index is 702. The van der Waals surface area contributed by atoms with E-state index >= 15 is 0 Å². The van der Waals surface area contributed by atoms with Crippen LogP contribution in [-0.2, 0) is 0 Å². The van der Waals surface area contributed by atoms with Crippen molar-refractivity contribution in [3.05, 3.63) is 66.0 Å². The lowest BCUT2D eigenvalue weighted by molar-refractivity contribution is 0.744. The standard InChI is InChI=1S/C19H25N5/c1-14-5-8-18(9-6-14)24(4)15(2)11-21-13-23-16(3)17-7-10-19(20)22-12-17/h5-10,12,21H,2,11,13H2,1,3-4H3,(H2,20,22). The Balaban J connectivity index is 1.82. The van der Waals surface area contributed by atoms with E-state index in [-0.39, 0.29) is 0 Å². The van der Waals surface area contributed by atoms with Crippen LogP contribution in [0.15, 0.2) is 59.9 Å². The van der Waals surface area contributed by atoms with Crippen LogP contribution in [0.1, 0.15) is 18.1 Å². The molecule has 0 bridgehead atoms. The largest absolute Gasteiger partial charge is 0.384 e. The number of aromatic nitrogens is 1. The molecule has 0 aliphatic rings. The second-order valence-corrected chi connectivity index (χ2v) is 5.76. The number of nitrogens with two attached hydrogens (primary N) is 1. The molecule has 0 saturated carbocycles. The Morgan fingerprint density at radius 2 is 1.96 bits per heavy atom. The first-order valence-corrected chi connectivity index (χ1v) is 7.89. The molecule has 0 fully saturated rings. The first kappa shape index (κ1) is 17.7. The van der Waals surface area contributed by atoms with Gasteiger partial charge in [0.25, 0.3) is 0 Å². The third-order valence-electron chi connectivity index (χ3n) is 3.86. The summed E-state index contributed by atoms with van der Waals surface area (Å²) in [5.74, 6) is 0.514. The summed E-state index contributed by atoms with van der Waals surface area (Å²) in [5, 5.41) is 3.29. The highest BCUT2D eigenvalue weighted by Crippen LogP contribution is 2.16. The van der Waals surface area contributed by atoms with Crippen molar-refractivity contribution in [1.29, 1.82) is 0 Å². The fourth-order valence-corrected chi connectivity index (χ4v) is 2.15. The van der Waals surface area contributed by atoms with Crippen molar-refractivity contribution in [2.45, 2.75) is 13.8 Å². The first-order valence-electron chi connectivity index (χ1n) is 7.89. The van der Waals surface area contributed by atoms with Gasteiger partial charge in [-0.25, -0.2) is 4.98 Å². The third kappa shape index (κ3) is 4.93. The number of rotatable bonds is 7. The van der Waals surface area contributed by atoms with Crippen molar-refractivity contribution >= 4 is 17.2 Å². The van der Waals surface area contributed by atoms with E-state index in [9.17, 15) is 0 Å². The highest BCUT2D eigenvalue weighted by atomic mass is 15.1. The minimum atomic E-state index is 0.514. The van der Waals surface area contributed by atoms with Crippen LogP contribution >= 0.6 is 0 Å². The minimum Gasteiger partial charge on any atom is -0.384 e. The normalized spacial score (nSPS) is 11.4. The number of anilines is 2. The first-order chi connectivity index (χ1) is 11.5. The number of hydrogen-bond acceptors (Lipinski definition) is 5. The van der Waals surface area contributed by atoms with Crippen LogP contribution < -0.4 is 16.0 Å². The van der Waals surface area contributed by atoms with Gasteiger partial charge in [-0.15, -0.1) is 0 Å². The van der Waals surface area contributed by atoms with Crippen LogP contribution in [0.25, 0.3) is 0 Å². The molecule has 0 radical (unpaired) electrons. The molecule has 0 unspecified atom stereocenters. The molecule has 1 aromatic carbocycles. The number of likely N-dealkylation sites (N-methyl/N-ethyl adjacent to an activating group) is 1. The summed E-state index contributed by atoms with van der Waals surface area (Å²) in [7, 11) is 2.02. The molecule has 5 nitrogen and oxygen atoms in total. The lowest BCUT2D eigenvalue weighted by Gasteiger charge is -2.22. The topological polar surface area (TPSA) is 66.5 Å². The molecule has 2 rings (SSSR count). The van der Waals surface area contributed by atoms with Crippen LogP contribution in [0.3, 0.4) is 0 Å². The lowest BCUT2D eigenvalue weighted by Crippen LogP contribution is -2.26. The lowest BCUT2D eigenvalue weighted by atomic mass is 10.2. The number of hydrogen-bond donors (Lipinski definition) is 2. The van der Waals surface area contributed by atoms with Gasteiger partial charge < -0.3 is 10.6 Å². The highest BCUT2D eigenvalue weighted by molar-refractivity contribution is 5.98.